The molecule has 1 heterocycles. The molecule has 0 saturated carbocycles. The highest BCUT2D eigenvalue weighted by atomic mass is 31.0. The van der Waals surface area contributed by atoms with E-state index in [-0.39, 0.29) is 0 Å². The van der Waals surface area contributed by atoms with E-state index in [1.165, 1.54) is 0 Å². The molecule has 1 nitrogen and oxygen atoms in total. The first-order valence-corrected chi connectivity index (χ1v) is 2.83. The lowest BCUT2D eigenvalue weighted by Gasteiger charge is -1.76. The highest BCUT2D eigenvalue weighted by Crippen LogP contribution is 1.80. The second-order valence-corrected chi connectivity index (χ2v) is 2.05. The van der Waals surface area contributed by atoms with Crippen molar-refractivity contribution in [2.45, 2.75) is 0 Å². The summed E-state index contributed by atoms with van der Waals surface area (Å²) in [5, 5.41) is 0. The van der Waals surface area contributed by atoms with E-state index in [1.807, 2.05) is 18.2 Å². The fraction of sp³-hybridized carbons (Fsp3) is 0. The Hall–Kier alpha value is -0.420. The van der Waals surface area contributed by atoms with Gasteiger partial charge in [-0.15, -0.1) is 0 Å². The Bertz CT molecular complexity index is 138. The second-order valence-electron chi connectivity index (χ2n) is 1.32. The van der Waals surface area contributed by atoms with Gasteiger partial charge in [0, 0.05) is 15.4 Å². The summed E-state index contributed by atoms with van der Waals surface area (Å²) in [6.07, 6.45) is 1.79. The zero-order valence-corrected chi connectivity index (χ0v) is 5.38. The molecule has 0 saturated heterocycles. The van der Waals surface area contributed by atoms with Gasteiger partial charge in [0.1, 0.15) is 0 Å². The van der Waals surface area contributed by atoms with Gasteiger partial charge in [0.2, 0.25) is 0 Å². The number of pyridine rings is 1. The molecule has 0 aromatic carbocycles. The molecule has 0 fully saturated rings. The molecule has 0 bridgehead atoms. The monoisotopic (exact) mass is 112 g/mol. The predicted octanol–water partition coefficient (Wildman–Crippen LogP) is 0.314. The largest absolute Gasteiger partial charge is 0.223 e. The highest BCUT2D eigenvalue weighted by Gasteiger charge is 1.79. The zero-order valence-electron chi connectivity index (χ0n) is 3.96. The topological polar surface area (TPSA) is 12.9 Å². The van der Waals surface area contributed by atoms with E-state index in [2.05, 4.69) is 4.98 Å². The average molecular weight is 112 g/mol. The standard InChI is InChI=1S/C5H6NP/c7-5-3-1-2-4-6-5/h1-4H,7H2/p+1. The summed E-state index contributed by atoms with van der Waals surface area (Å²) in [5.41, 5.74) is 1.10. The van der Waals surface area contributed by atoms with Crippen LogP contribution in [0.2, 0.25) is 0 Å². The van der Waals surface area contributed by atoms with Crippen LogP contribution in [0.3, 0.4) is 0 Å². The molecule has 7 heavy (non-hydrogen) atoms. The molecule has 36 valence electrons. The number of aromatic nitrogens is 1. The maximum Gasteiger partial charge on any atom is 0.174 e. The van der Waals surface area contributed by atoms with E-state index < -0.39 is 0 Å². The third-order valence-electron chi connectivity index (χ3n) is 0.726. The molecule has 0 aliphatic heterocycles. The van der Waals surface area contributed by atoms with Crippen molar-refractivity contribution in [2.75, 3.05) is 0 Å². The van der Waals surface area contributed by atoms with Gasteiger partial charge in [-0.3, -0.25) is 0 Å². The van der Waals surface area contributed by atoms with Crippen molar-refractivity contribution in [1.29, 1.82) is 0 Å². The van der Waals surface area contributed by atoms with Crippen molar-refractivity contribution >= 4 is 14.7 Å². The van der Waals surface area contributed by atoms with Crippen LogP contribution in [0.4, 0.5) is 0 Å². The first-order valence-electron chi connectivity index (χ1n) is 2.12. The van der Waals surface area contributed by atoms with Crippen molar-refractivity contribution in [3.63, 3.8) is 0 Å². The van der Waals surface area contributed by atoms with Crippen LogP contribution in [0.15, 0.2) is 24.4 Å². The van der Waals surface area contributed by atoms with Crippen LogP contribution < -0.4 is 5.44 Å². The van der Waals surface area contributed by atoms with Gasteiger partial charge in [-0.2, -0.15) is 0 Å². The molecule has 1 atom stereocenters. The van der Waals surface area contributed by atoms with Crippen LogP contribution in [-0.4, -0.2) is 4.98 Å². The summed E-state index contributed by atoms with van der Waals surface area (Å²) in [4.78, 5) is 3.99. The van der Waals surface area contributed by atoms with Crippen molar-refractivity contribution < 1.29 is 0 Å². The Balaban J connectivity index is 3.02. The first kappa shape index (κ1) is 4.73. The molecule has 1 aromatic heterocycles. The number of nitrogens with zero attached hydrogens (tertiary/aromatic N) is 1. The summed E-state index contributed by atoms with van der Waals surface area (Å²) >= 11 is 0. The van der Waals surface area contributed by atoms with Gasteiger partial charge in [0.15, 0.2) is 5.44 Å². The third-order valence-corrected chi connectivity index (χ3v) is 1.14. The lowest BCUT2D eigenvalue weighted by molar-refractivity contribution is 1.40. The van der Waals surface area contributed by atoms with Crippen molar-refractivity contribution in [3.05, 3.63) is 24.4 Å². The highest BCUT2D eigenvalue weighted by molar-refractivity contribution is 7.26. The van der Waals surface area contributed by atoms with Gasteiger partial charge in [0.05, 0.1) is 0 Å². The molecule has 0 aliphatic rings. The van der Waals surface area contributed by atoms with E-state index >= 15 is 0 Å². The normalized spacial score (nSPS) is 9.14. The van der Waals surface area contributed by atoms with Crippen LogP contribution in [0.1, 0.15) is 0 Å². The minimum atomic E-state index is 1.10. The van der Waals surface area contributed by atoms with E-state index in [0.717, 1.165) is 5.44 Å². The fourth-order valence-electron chi connectivity index (χ4n) is 0.398. The smallest absolute Gasteiger partial charge is 0.174 e. The molecule has 0 radical (unpaired) electrons. The fourth-order valence-corrected chi connectivity index (χ4v) is 0.640. The maximum atomic E-state index is 3.99. The first-order chi connectivity index (χ1) is 3.39. The lowest BCUT2D eigenvalue weighted by atomic mass is 10.5. The molecule has 0 spiro atoms. The maximum absolute atomic E-state index is 3.99. The molecule has 1 unspecified atom stereocenters. The van der Waals surface area contributed by atoms with Gasteiger partial charge in [-0.1, -0.05) is 6.07 Å². The Labute approximate surface area is 45.0 Å². The van der Waals surface area contributed by atoms with Crippen LogP contribution in [0, 0.1) is 0 Å². The summed E-state index contributed by atoms with van der Waals surface area (Å²) in [5.74, 6) is 0. The number of hydrogen-bond acceptors (Lipinski definition) is 1. The van der Waals surface area contributed by atoms with E-state index in [4.69, 9.17) is 0 Å². The van der Waals surface area contributed by atoms with Crippen molar-refractivity contribution in [1.82, 2.24) is 4.98 Å². The zero-order chi connectivity index (χ0) is 5.11. The Morgan fingerprint density at radius 3 is 2.57 bits per heavy atom. The van der Waals surface area contributed by atoms with E-state index in [0.29, 0.717) is 0 Å². The van der Waals surface area contributed by atoms with Crippen LogP contribution in [0.5, 0.6) is 0 Å². The van der Waals surface area contributed by atoms with Gasteiger partial charge in [-0.25, -0.2) is 4.98 Å². The molecular formula is C5H7NP+. The molecule has 2 heteroatoms. The van der Waals surface area contributed by atoms with Crippen LogP contribution >= 0.6 is 9.24 Å². The lowest BCUT2D eigenvalue weighted by Crippen LogP contribution is -1.91. The van der Waals surface area contributed by atoms with Gasteiger partial charge < -0.3 is 0 Å². The summed E-state index contributed by atoms with van der Waals surface area (Å²) in [6, 6.07) is 5.88. The summed E-state index contributed by atoms with van der Waals surface area (Å²) in [7, 11) is 1.79. The Morgan fingerprint density at radius 2 is 2.29 bits per heavy atom. The van der Waals surface area contributed by atoms with Gasteiger partial charge in [0.25, 0.3) is 0 Å². The molecule has 0 aliphatic carbocycles. The average Bonchev–Trinajstić information content (AvgIpc) is 1.69. The third kappa shape index (κ3) is 1.24. The number of hydrogen-bond donors (Lipinski definition) is 0. The molecule has 1 aromatic rings. The Morgan fingerprint density at radius 1 is 1.43 bits per heavy atom. The minimum absolute atomic E-state index is 1.10. The Kier molecular flexibility index (Phi) is 1.38. The molecule has 0 amide bonds. The summed E-state index contributed by atoms with van der Waals surface area (Å²) < 4.78 is 0. The van der Waals surface area contributed by atoms with Gasteiger partial charge in [-0.05, 0) is 12.1 Å². The van der Waals surface area contributed by atoms with Crippen molar-refractivity contribution in [3.8, 4) is 0 Å². The number of rotatable bonds is 0. The van der Waals surface area contributed by atoms with Crippen LogP contribution in [-0.2, 0) is 0 Å². The minimum Gasteiger partial charge on any atom is -0.223 e. The SMILES string of the molecule is [PH3+]c1ccccn1. The van der Waals surface area contributed by atoms with E-state index in [1.54, 1.807) is 15.4 Å². The molecule has 0 N–H and O–H groups in total. The summed E-state index contributed by atoms with van der Waals surface area (Å²) in [6.45, 7) is 0. The predicted molar refractivity (Wildman–Crippen MR) is 35.0 cm³/mol. The second kappa shape index (κ2) is 2.04. The van der Waals surface area contributed by atoms with Crippen LogP contribution in [0.25, 0.3) is 0 Å². The molecule has 1 rings (SSSR count). The quantitative estimate of drug-likeness (QED) is 0.440. The van der Waals surface area contributed by atoms with Gasteiger partial charge >= 0.3 is 0 Å². The molecular weight excluding hydrogens is 105 g/mol. The van der Waals surface area contributed by atoms with Crippen molar-refractivity contribution in [2.24, 2.45) is 0 Å². The van der Waals surface area contributed by atoms with E-state index in [9.17, 15) is 0 Å².